The second-order valence-corrected chi connectivity index (χ2v) is 8.57. The molecule has 2 aliphatic rings. The van der Waals surface area contributed by atoms with Gasteiger partial charge in [0.15, 0.2) is 5.96 Å². The van der Waals surface area contributed by atoms with Crippen molar-refractivity contribution in [2.45, 2.75) is 45.7 Å². The monoisotopic (exact) mass is 378 g/mol. The zero-order valence-electron chi connectivity index (χ0n) is 16.5. The summed E-state index contributed by atoms with van der Waals surface area (Å²) in [5.74, 6) is 1.82. The van der Waals surface area contributed by atoms with Crippen LogP contribution in [0, 0.1) is 5.92 Å². The van der Waals surface area contributed by atoms with Gasteiger partial charge in [-0.05, 0) is 56.0 Å². The van der Waals surface area contributed by atoms with Crippen LogP contribution in [-0.4, -0.2) is 68.2 Å². The van der Waals surface area contributed by atoms with Gasteiger partial charge >= 0.3 is 0 Å². The van der Waals surface area contributed by atoms with Crippen LogP contribution in [0.1, 0.15) is 37.1 Å². The number of nitrogens with one attached hydrogen (secondary N) is 1. The van der Waals surface area contributed by atoms with E-state index in [1.54, 1.807) is 4.88 Å². The summed E-state index contributed by atoms with van der Waals surface area (Å²) < 4.78 is 5.77. The molecule has 0 amide bonds. The normalized spacial score (nSPS) is 19.3. The van der Waals surface area contributed by atoms with Crippen molar-refractivity contribution in [3.05, 3.63) is 21.9 Å². The molecular weight excluding hydrogens is 344 g/mol. The van der Waals surface area contributed by atoms with E-state index in [2.05, 4.69) is 47.5 Å². The first kappa shape index (κ1) is 19.6. The van der Waals surface area contributed by atoms with Crippen molar-refractivity contribution in [3.8, 4) is 0 Å². The van der Waals surface area contributed by atoms with Gasteiger partial charge < -0.3 is 15.0 Å². The van der Waals surface area contributed by atoms with Crippen LogP contribution in [0.5, 0.6) is 0 Å². The number of ether oxygens (including phenoxy) is 1. The lowest BCUT2D eigenvalue weighted by Gasteiger charge is -2.32. The number of rotatable bonds is 9. The number of hydrogen-bond acceptors (Lipinski definition) is 4. The first-order chi connectivity index (χ1) is 12.7. The Balaban J connectivity index is 1.46. The fourth-order valence-electron chi connectivity index (χ4n) is 3.29. The molecule has 146 valence electrons. The maximum atomic E-state index is 5.77. The van der Waals surface area contributed by atoms with Gasteiger partial charge in [-0.15, -0.1) is 11.3 Å². The summed E-state index contributed by atoms with van der Waals surface area (Å²) in [6.07, 6.45) is 3.88. The Kier molecular flexibility index (Phi) is 7.34. The van der Waals surface area contributed by atoms with Crippen LogP contribution in [0.3, 0.4) is 0 Å². The Morgan fingerprint density at radius 1 is 1.50 bits per heavy atom. The molecular formula is C20H34N4OS. The van der Waals surface area contributed by atoms with Crippen LogP contribution >= 0.6 is 11.3 Å². The number of fused-ring (bicyclic) bond motifs is 1. The lowest BCUT2D eigenvalue weighted by molar-refractivity contribution is 0.115. The molecule has 0 saturated heterocycles. The molecule has 1 unspecified atom stereocenters. The summed E-state index contributed by atoms with van der Waals surface area (Å²) in [6.45, 7) is 10.9. The molecule has 5 nitrogen and oxygen atoms in total. The van der Waals surface area contributed by atoms with Gasteiger partial charge in [-0.3, -0.25) is 9.89 Å². The Hall–Kier alpha value is -1.11. The Labute approximate surface area is 162 Å². The molecule has 1 aliphatic heterocycles. The number of hydrogen-bond donors (Lipinski definition) is 1. The van der Waals surface area contributed by atoms with Crippen molar-refractivity contribution in [2.24, 2.45) is 10.9 Å². The highest BCUT2D eigenvalue weighted by Gasteiger charge is 2.22. The van der Waals surface area contributed by atoms with Gasteiger partial charge in [-0.1, -0.05) is 0 Å². The maximum absolute atomic E-state index is 5.77. The third-order valence-electron chi connectivity index (χ3n) is 5.28. The van der Waals surface area contributed by atoms with E-state index in [1.807, 2.05) is 11.3 Å². The molecule has 6 heteroatoms. The van der Waals surface area contributed by atoms with Crippen LogP contribution in [-0.2, 0) is 17.7 Å². The van der Waals surface area contributed by atoms with Crippen LogP contribution in [0.4, 0.5) is 0 Å². The fourth-order valence-corrected chi connectivity index (χ4v) is 4.18. The van der Waals surface area contributed by atoms with Gasteiger partial charge in [-0.2, -0.15) is 0 Å². The van der Waals surface area contributed by atoms with Crippen LogP contribution < -0.4 is 5.32 Å². The molecule has 0 bridgehead atoms. The van der Waals surface area contributed by atoms with E-state index in [4.69, 9.17) is 9.73 Å². The van der Waals surface area contributed by atoms with Gasteiger partial charge in [-0.25, -0.2) is 0 Å². The van der Waals surface area contributed by atoms with Crippen molar-refractivity contribution >= 4 is 17.3 Å². The van der Waals surface area contributed by atoms with Gasteiger partial charge in [0.2, 0.25) is 0 Å². The van der Waals surface area contributed by atoms with Crippen LogP contribution in [0.15, 0.2) is 16.4 Å². The largest absolute Gasteiger partial charge is 0.379 e. The number of likely N-dealkylation sites (N-methyl/N-ethyl adjacent to an activating group) is 1. The minimum absolute atomic E-state index is 0.455. The van der Waals surface area contributed by atoms with E-state index < -0.39 is 0 Å². The maximum Gasteiger partial charge on any atom is 0.193 e. The van der Waals surface area contributed by atoms with Gasteiger partial charge in [0, 0.05) is 50.8 Å². The van der Waals surface area contributed by atoms with E-state index >= 15 is 0 Å². The summed E-state index contributed by atoms with van der Waals surface area (Å²) in [5.41, 5.74) is 1.51. The predicted octanol–water partition coefficient (Wildman–Crippen LogP) is 2.82. The Morgan fingerprint density at radius 3 is 3.12 bits per heavy atom. The summed E-state index contributed by atoms with van der Waals surface area (Å²) in [7, 11) is 2.10. The van der Waals surface area contributed by atoms with Crippen LogP contribution in [0.2, 0.25) is 0 Å². The number of guanidine groups is 1. The number of nitrogens with zero attached hydrogens (tertiary/aromatic N) is 3. The molecule has 1 aliphatic carbocycles. The quantitative estimate of drug-likeness (QED) is 0.407. The lowest BCUT2D eigenvalue weighted by Crippen LogP contribution is -2.43. The minimum Gasteiger partial charge on any atom is -0.379 e. The van der Waals surface area contributed by atoms with Crippen molar-refractivity contribution < 1.29 is 4.74 Å². The summed E-state index contributed by atoms with van der Waals surface area (Å²) in [6, 6.07) is 2.73. The summed E-state index contributed by atoms with van der Waals surface area (Å²) >= 11 is 1.90. The SMILES string of the molecule is CCNC(=NCC(C)N1CCc2sccc2C1)N(C)CCOCC1CC1. The van der Waals surface area contributed by atoms with Gasteiger partial charge in [0.1, 0.15) is 0 Å². The second-order valence-electron chi connectivity index (χ2n) is 7.57. The molecule has 26 heavy (non-hydrogen) atoms. The second kappa shape index (κ2) is 9.72. The topological polar surface area (TPSA) is 40.1 Å². The molecule has 1 aromatic rings. The zero-order valence-corrected chi connectivity index (χ0v) is 17.4. The molecule has 1 fully saturated rings. The highest BCUT2D eigenvalue weighted by Crippen LogP contribution is 2.28. The highest BCUT2D eigenvalue weighted by atomic mass is 32.1. The van der Waals surface area contributed by atoms with E-state index in [0.29, 0.717) is 6.04 Å². The molecule has 1 saturated carbocycles. The summed E-state index contributed by atoms with van der Waals surface area (Å²) in [4.78, 5) is 11.2. The molecule has 3 rings (SSSR count). The first-order valence-electron chi connectivity index (χ1n) is 10.0. The van der Waals surface area contributed by atoms with E-state index in [1.165, 1.54) is 24.8 Å². The fraction of sp³-hybridized carbons (Fsp3) is 0.750. The van der Waals surface area contributed by atoms with Crippen molar-refractivity contribution in [2.75, 3.05) is 46.4 Å². The standard InChI is InChI=1S/C20H34N4OS/c1-4-21-20(23(3)10-11-25-15-17-5-6-17)22-13-16(2)24-9-7-19-18(14-24)8-12-26-19/h8,12,16-17H,4-7,9-11,13-15H2,1-3H3,(H,21,22). The zero-order chi connectivity index (χ0) is 18.4. The van der Waals surface area contributed by atoms with Crippen molar-refractivity contribution in [1.82, 2.24) is 15.1 Å². The Morgan fingerprint density at radius 2 is 2.35 bits per heavy atom. The van der Waals surface area contributed by atoms with E-state index in [9.17, 15) is 0 Å². The van der Waals surface area contributed by atoms with E-state index in [0.717, 1.165) is 57.8 Å². The molecule has 0 spiro atoms. The molecule has 1 atom stereocenters. The third kappa shape index (κ3) is 5.69. The molecule has 0 aromatic carbocycles. The van der Waals surface area contributed by atoms with Crippen molar-refractivity contribution in [1.29, 1.82) is 0 Å². The molecule has 1 aromatic heterocycles. The first-order valence-corrected chi connectivity index (χ1v) is 10.9. The van der Waals surface area contributed by atoms with Crippen molar-refractivity contribution in [3.63, 3.8) is 0 Å². The highest BCUT2D eigenvalue weighted by molar-refractivity contribution is 7.10. The van der Waals surface area contributed by atoms with Gasteiger partial charge in [0.05, 0.1) is 13.2 Å². The smallest absolute Gasteiger partial charge is 0.193 e. The Bertz CT molecular complexity index is 584. The van der Waals surface area contributed by atoms with Gasteiger partial charge in [0.25, 0.3) is 0 Å². The molecule has 2 heterocycles. The number of thiophene rings is 1. The average molecular weight is 379 g/mol. The minimum atomic E-state index is 0.455. The molecule has 1 N–H and O–H groups in total. The lowest BCUT2D eigenvalue weighted by atomic mass is 10.1. The predicted molar refractivity (Wildman–Crippen MR) is 110 cm³/mol. The molecule has 0 radical (unpaired) electrons. The number of aliphatic imine (C=N–C) groups is 1. The van der Waals surface area contributed by atoms with E-state index in [-0.39, 0.29) is 0 Å². The average Bonchev–Trinajstić information content (AvgIpc) is 3.35. The van der Waals surface area contributed by atoms with Crippen LogP contribution in [0.25, 0.3) is 0 Å². The third-order valence-corrected chi connectivity index (χ3v) is 6.31. The summed E-state index contributed by atoms with van der Waals surface area (Å²) in [5, 5.41) is 5.64.